The molecule has 1 aliphatic heterocycles. The largest absolute Gasteiger partial charge is 0.416 e. The number of hydrogen-bond acceptors (Lipinski definition) is 4. The van der Waals surface area contributed by atoms with E-state index in [1.165, 1.54) is 6.07 Å². The van der Waals surface area contributed by atoms with Gasteiger partial charge in [-0.05, 0) is 38.8 Å². The summed E-state index contributed by atoms with van der Waals surface area (Å²) in [7, 11) is 0. The zero-order valence-electron chi connectivity index (χ0n) is 17.2. The van der Waals surface area contributed by atoms with Gasteiger partial charge in [-0.15, -0.1) is 0 Å². The van der Waals surface area contributed by atoms with Crippen LogP contribution in [0.1, 0.15) is 36.1 Å². The number of rotatable bonds is 3. The molecule has 5 nitrogen and oxygen atoms in total. The molecule has 1 aliphatic carbocycles. The van der Waals surface area contributed by atoms with E-state index in [1.54, 1.807) is 6.07 Å². The first-order valence-corrected chi connectivity index (χ1v) is 10.3. The molecule has 0 bridgehead atoms. The highest BCUT2D eigenvalue weighted by Gasteiger charge is 2.32. The summed E-state index contributed by atoms with van der Waals surface area (Å²) >= 11 is 0. The number of anilines is 1. The van der Waals surface area contributed by atoms with Gasteiger partial charge in [-0.2, -0.15) is 13.2 Å². The van der Waals surface area contributed by atoms with E-state index in [4.69, 9.17) is 0 Å². The summed E-state index contributed by atoms with van der Waals surface area (Å²) in [6, 6.07) is 5.10. The molecule has 1 aromatic carbocycles. The SMILES string of the molecule is Cc1nc(-c2cccc(C(F)(F)F)c2)nc(N2CCN(C(=O)C3CCC3)CC2)c1C. The van der Waals surface area contributed by atoms with Crippen LogP contribution in [-0.2, 0) is 11.0 Å². The average Bonchev–Trinajstić information content (AvgIpc) is 2.68. The molecule has 2 heterocycles. The summed E-state index contributed by atoms with van der Waals surface area (Å²) in [5.41, 5.74) is 1.27. The molecule has 1 amide bonds. The summed E-state index contributed by atoms with van der Waals surface area (Å²) in [6.45, 7) is 6.34. The van der Waals surface area contributed by atoms with Gasteiger partial charge >= 0.3 is 6.18 Å². The minimum Gasteiger partial charge on any atom is -0.353 e. The van der Waals surface area contributed by atoms with Crippen molar-refractivity contribution in [3.63, 3.8) is 0 Å². The van der Waals surface area contributed by atoms with Crippen molar-refractivity contribution in [1.82, 2.24) is 14.9 Å². The van der Waals surface area contributed by atoms with Gasteiger partial charge in [-0.1, -0.05) is 18.6 Å². The number of alkyl halides is 3. The second-order valence-corrected chi connectivity index (χ2v) is 8.10. The monoisotopic (exact) mass is 418 g/mol. The fourth-order valence-electron chi connectivity index (χ4n) is 3.94. The lowest BCUT2D eigenvalue weighted by molar-refractivity contribution is -0.138. The Bertz CT molecular complexity index is 948. The maximum absolute atomic E-state index is 13.1. The molecule has 0 N–H and O–H groups in total. The van der Waals surface area contributed by atoms with Gasteiger partial charge in [0.25, 0.3) is 0 Å². The quantitative estimate of drug-likeness (QED) is 0.749. The van der Waals surface area contributed by atoms with Gasteiger partial charge in [0.05, 0.1) is 5.56 Å². The maximum atomic E-state index is 13.1. The van der Waals surface area contributed by atoms with Crippen LogP contribution in [0.2, 0.25) is 0 Å². The number of aryl methyl sites for hydroxylation is 1. The third kappa shape index (κ3) is 4.00. The van der Waals surface area contributed by atoms with E-state index >= 15 is 0 Å². The van der Waals surface area contributed by atoms with E-state index in [2.05, 4.69) is 14.9 Å². The number of halogens is 3. The van der Waals surface area contributed by atoms with Gasteiger partial charge in [-0.3, -0.25) is 4.79 Å². The molecule has 1 saturated carbocycles. The van der Waals surface area contributed by atoms with E-state index in [0.29, 0.717) is 31.7 Å². The van der Waals surface area contributed by atoms with Gasteiger partial charge in [-0.25, -0.2) is 9.97 Å². The predicted molar refractivity (Wildman–Crippen MR) is 108 cm³/mol. The molecule has 4 rings (SSSR count). The molecule has 2 fully saturated rings. The van der Waals surface area contributed by atoms with Gasteiger partial charge in [0, 0.05) is 48.9 Å². The van der Waals surface area contributed by atoms with Gasteiger partial charge in [0.15, 0.2) is 5.82 Å². The molecule has 0 atom stereocenters. The first-order chi connectivity index (χ1) is 14.2. The van der Waals surface area contributed by atoms with E-state index in [9.17, 15) is 18.0 Å². The van der Waals surface area contributed by atoms with Crippen LogP contribution in [0.5, 0.6) is 0 Å². The van der Waals surface area contributed by atoms with Crippen molar-refractivity contribution in [1.29, 1.82) is 0 Å². The van der Waals surface area contributed by atoms with Crippen molar-refractivity contribution in [3.05, 3.63) is 41.1 Å². The summed E-state index contributed by atoms with van der Waals surface area (Å²) in [6.07, 6.45) is -1.30. The third-order valence-corrected chi connectivity index (χ3v) is 6.16. The molecule has 8 heteroatoms. The molecule has 30 heavy (non-hydrogen) atoms. The predicted octanol–water partition coefficient (Wildman–Crippen LogP) is 4.23. The number of piperazine rings is 1. The standard InChI is InChI=1S/C22H25F3N4O/c1-14-15(2)26-19(17-7-4-8-18(13-17)22(23,24)25)27-20(14)28-9-11-29(12-10-28)21(30)16-5-3-6-16/h4,7-8,13,16H,3,5-6,9-12H2,1-2H3. The van der Waals surface area contributed by atoms with Crippen molar-refractivity contribution in [3.8, 4) is 11.4 Å². The molecule has 160 valence electrons. The molecule has 0 unspecified atom stereocenters. The van der Waals surface area contributed by atoms with Crippen molar-refractivity contribution < 1.29 is 18.0 Å². The average molecular weight is 418 g/mol. The molecular formula is C22H25F3N4O. The molecule has 2 aromatic rings. The van der Waals surface area contributed by atoms with Crippen molar-refractivity contribution in [2.45, 2.75) is 39.3 Å². The smallest absolute Gasteiger partial charge is 0.353 e. The Kier molecular flexibility index (Phi) is 5.42. The van der Waals surface area contributed by atoms with Crippen molar-refractivity contribution in [2.75, 3.05) is 31.1 Å². The second-order valence-electron chi connectivity index (χ2n) is 8.10. The number of aromatic nitrogens is 2. The highest BCUT2D eigenvalue weighted by atomic mass is 19.4. The zero-order valence-corrected chi connectivity index (χ0v) is 17.2. The Balaban J connectivity index is 1.56. The number of benzene rings is 1. The summed E-state index contributed by atoms with van der Waals surface area (Å²) in [5, 5.41) is 0. The normalized spacial score (nSPS) is 17.8. The Labute approximate surface area is 173 Å². The Hall–Kier alpha value is -2.64. The van der Waals surface area contributed by atoms with Crippen LogP contribution in [0.15, 0.2) is 24.3 Å². The number of carbonyl (C=O) groups excluding carboxylic acids is 1. The van der Waals surface area contributed by atoms with Crippen LogP contribution in [0, 0.1) is 19.8 Å². The van der Waals surface area contributed by atoms with E-state index < -0.39 is 11.7 Å². The highest BCUT2D eigenvalue weighted by molar-refractivity contribution is 5.80. The number of carbonyl (C=O) groups is 1. The summed E-state index contributed by atoms with van der Waals surface area (Å²) < 4.78 is 39.3. The van der Waals surface area contributed by atoms with Crippen LogP contribution in [0.4, 0.5) is 19.0 Å². The minimum absolute atomic E-state index is 0.187. The van der Waals surface area contributed by atoms with Crippen LogP contribution in [-0.4, -0.2) is 47.0 Å². The second kappa shape index (κ2) is 7.89. The summed E-state index contributed by atoms with van der Waals surface area (Å²) in [5.74, 6) is 1.45. The molecular weight excluding hydrogens is 393 g/mol. The van der Waals surface area contributed by atoms with Gasteiger partial charge in [0.2, 0.25) is 5.91 Å². The fraction of sp³-hybridized carbons (Fsp3) is 0.500. The van der Waals surface area contributed by atoms with Crippen molar-refractivity contribution in [2.24, 2.45) is 5.92 Å². The Morgan fingerprint density at radius 2 is 1.77 bits per heavy atom. The molecule has 0 spiro atoms. The number of amides is 1. The third-order valence-electron chi connectivity index (χ3n) is 6.16. The Morgan fingerprint density at radius 1 is 1.07 bits per heavy atom. The molecule has 1 aromatic heterocycles. The lowest BCUT2D eigenvalue weighted by Crippen LogP contribution is -2.51. The first kappa shape index (κ1) is 20.6. The highest BCUT2D eigenvalue weighted by Crippen LogP contribution is 2.33. The first-order valence-electron chi connectivity index (χ1n) is 10.3. The minimum atomic E-state index is -4.41. The van der Waals surface area contributed by atoms with E-state index in [-0.39, 0.29) is 17.6 Å². The van der Waals surface area contributed by atoms with Crippen LogP contribution >= 0.6 is 0 Å². The van der Waals surface area contributed by atoms with Crippen LogP contribution in [0.3, 0.4) is 0 Å². The molecule has 1 saturated heterocycles. The summed E-state index contributed by atoms with van der Waals surface area (Å²) in [4.78, 5) is 25.6. The number of hydrogen-bond donors (Lipinski definition) is 0. The van der Waals surface area contributed by atoms with E-state index in [1.807, 2.05) is 18.7 Å². The molecule has 2 aliphatic rings. The van der Waals surface area contributed by atoms with E-state index in [0.717, 1.165) is 48.5 Å². The zero-order chi connectivity index (χ0) is 21.5. The lowest BCUT2D eigenvalue weighted by atomic mass is 9.84. The van der Waals surface area contributed by atoms with Crippen molar-refractivity contribution >= 4 is 11.7 Å². The van der Waals surface area contributed by atoms with Gasteiger partial charge < -0.3 is 9.80 Å². The lowest BCUT2D eigenvalue weighted by Gasteiger charge is -2.39. The maximum Gasteiger partial charge on any atom is 0.416 e. The Morgan fingerprint density at radius 3 is 2.37 bits per heavy atom. The fourth-order valence-corrected chi connectivity index (χ4v) is 3.94. The van der Waals surface area contributed by atoms with Crippen LogP contribution < -0.4 is 4.90 Å². The number of nitrogens with zero attached hydrogens (tertiary/aromatic N) is 4. The topological polar surface area (TPSA) is 49.3 Å². The van der Waals surface area contributed by atoms with Crippen LogP contribution in [0.25, 0.3) is 11.4 Å². The molecule has 0 radical (unpaired) electrons. The van der Waals surface area contributed by atoms with Gasteiger partial charge in [0.1, 0.15) is 5.82 Å².